The van der Waals surface area contributed by atoms with Crippen molar-refractivity contribution in [1.29, 1.82) is 5.26 Å². The molecule has 3 aromatic rings. The topological polar surface area (TPSA) is 71.3 Å². The normalized spacial score (nSPS) is 11.0. The lowest BCUT2D eigenvalue weighted by atomic mass is 10.1. The summed E-state index contributed by atoms with van der Waals surface area (Å²) in [4.78, 5) is 12.8. The highest BCUT2D eigenvalue weighted by Gasteiger charge is 2.13. The summed E-state index contributed by atoms with van der Waals surface area (Å²) < 4.78 is 11.8. The van der Waals surface area contributed by atoms with E-state index in [0.717, 1.165) is 17.5 Å². The molecule has 0 aliphatic carbocycles. The molecule has 3 aromatic carbocycles. The quantitative estimate of drug-likeness (QED) is 0.300. The van der Waals surface area contributed by atoms with Crippen molar-refractivity contribution >= 4 is 17.7 Å². The third kappa shape index (κ3) is 6.49. The molecule has 0 aliphatic heterocycles. The number of rotatable bonds is 9. The molecule has 0 bridgehead atoms. The van der Waals surface area contributed by atoms with Crippen LogP contribution in [0.15, 0.2) is 66.2 Å². The van der Waals surface area contributed by atoms with E-state index in [2.05, 4.69) is 37.4 Å². The van der Waals surface area contributed by atoms with Gasteiger partial charge in [-0.05, 0) is 68.2 Å². The standard InChI is InChI=1S/C29H30N2O3/c1-5-24-9-7-8-10-26(24)31-29(32)25(18-30)16-22-11-12-27(28(17-22)33-6-2)34-19-23-14-20(3)13-21(4)15-23/h7-17H,5-6,19H2,1-4H3,(H,31,32)/b25-16+. The first-order valence-electron chi connectivity index (χ1n) is 11.4. The van der Waals surface area contributed by atoms with Crippen LogP contribution >= 0.6 is 0 Å². The minimum absolute atomic E-state index is 0.0114. The Balaban J connectivity index is 1.80. The number of ether oxygens (including phenoxy) is 2. The van der Waals surface area contributed by atoms with E-state index in [4.69, 9.17) is 9.47 Å². The maximum atomic E-state index is 12.8. The molecule has 0 unspecified atom stereocenters. The summed E-state index contributed by atoms with van der Waals surface area (Å²) in [5.74, 6) is 0.726. The van der Waals surface area contributed by atoms with Crippen molar-refractivity contribution in [2.45, 2.75) is 40.7 Å². The van der Waals surface area contributed by atoms with Gasteiger partial charge in [0.05, 0.1) is 6.61 Å². The lowest BCUT2D eigenvalue weighted by Gasteiger charge is -2.14. The number of amides is 1. The van der Waals surface area contributed by atoms with Gasteiger partial charge in [0.1, 0.15) is 18.2 Å². The third-order valence-electron chi connectivity index (χ3n) is 5.27. The van der Waals surface area contributed by atoms with Crippen molar-refractivity contribution in [2.24, 2.45) is 0 Å². The molecular formula is C29H30N2O3. The molecule has 34 heavy (non-hydrogen) atoms. The summed E-state index contributed by atoms with van der Waals surface area (Å²) >= 11 is 0. The first-order chi connectivity index (χ1) is 16.4. The fourth-order valence-electron chi connectivity index (χ4n) is 3.77. The number of carbonyl (C=O) groups is 1. The number of nitrogens with one attached hydrogen (secondary N) is 1. The molecule has 0 heterocycles. The van der Waals surface area contributed by atoms with E-state index in [1.807, 2.05) is 50.2 Å². The van der Waals surface area contributed by atoms with Crippen LogP contribution in [0, 0.1) is 25.2 Å². The summed E-state index contributed by atoms with van der Waals surface area (Å²) in [6, 6.07) is 21.3. The predicted octanol–water partition coefficient (Wildman–Crippen LogP) is 6.39. The molecule has 1 N–H and O–H groups in total. The maximum absolute atomic E-state index is 12.8. The minimum Gasteiger partial charge on any atom is -0.490 e. The van der Waals surface area contributed by atoms with Crippen molar-refractivity contribution in [1.82, 2.24) is 0 Å². The van der Waals surface area contributed by atoms with E-state index in [1.54, 1.807) is 18.2 Å². The summed E-state index contributed by atoms with van der Waals surface area (Å²) in [5.41, 5.74) is 5.87. The van der Waals surface area contributed by atoms with Gasteiger partial charge in [-0.1, -0.05) is 60.5 Å². The lowest BCUT2D eigenvalue weighted by molar-refractivity contribution is -0.112. The van der Waals surface area contributed by atoms with Gasteiger partial charge in [0, 0.05) is 5.69 Å². The van der Waals surface area contributed by atoms with Gasteiger partial charge in [-0.2, -0.15) is 5.26 Å². The number of nitriles is 1. The van der Waals surface area contributed by atoms with E-state index in [0.29, 0.717) is 36.0 Å². The van der Waals surface area contributed by atoms with Crippen molar-refractivity contribution < 1.29 is 14.3 Å². The predicted molar refractivity (Wildman–Crippen MR) is 136 cm³/mol. The zero-order valence-corrected chi connectivity index (χ0v) is 20.1. The van der Waals surface area contributed by atoms with Gasteiger partial charge in [0.15, 0.2) is 11.5 Å². The van der Waals surface area contributed by atoms with Gasteiger partial charge >= 0.3 is 0 Å². The Morgan fingerprint density at radius 1 is 0.971 bits per heavy atom. The molecule has 0 fully saturated rings. The number of anilines is 1. The summed E-state index contributed by atoms with van der Waals surface area (Å²) in [6.07, 6.45) is 2.34. The van der Waals surface area contributed by atoms with Gasteiger partial charge in [-0.25, -0.2) is 0 Å². The van der Waals surface area contributed by atoms with Crippen LogP contribution in [-0.2, 0) is 17.8 Å². The number of carbonyl (C=O) groups excluding carboxylic acids is 1. The Morgan fingerprint density at radius 2 is 1.71 bits per heavy atom. The summed E-state index contributed by atoms with van der Waals surface area (Å²) in [5, 5.41) is 12.5. The van der Waals surface area contributed by atoms with Crippen LogP contribution in [0.3, 0.4) is 0 Å². The van der Waals surface area contributed by atoms with E-state index >= 15 is 0 Å². The molecule has 0 atom stereocenters. The lowest BCUT2D eigenvalue weighted by Crippen LogP contribution is -2.14. The molecule has 5 nitrogen and oxygen atoms in total. The average molecular weight is 455 g/mol. The molecule has 0 saturated heterocycles. The minimum atomic E-state index is -0.448. The largest absolute Gasteiger partial charge is 0.490 e. The van der Waals surface area contributed by atoms with Gasteiger partial charge in [-0.3, -0.25) is 4.79 Å². The van der Waals surface area contributed by atoms with E-state index in [1.165, 1.54) is 11.1 Å². The molecule has 5 heteroatoms. The number of para-hydroxylation sites is 1. The molecule has 3 rings (SSSR count). The average Bonchev–Trinajstić information content (AvgIpc) is 2.82. The molecule has 0 aliphatic rings. The van der Waals surface area contributed by atoms with Gasteiger partial charge in [0.25, 0.3) is 5.91 Å². The molecule has 0 aromatic heterocycles. The van der Waals surface area contributed by atoms with Crippen LogP contribution in [0.5, 0.6) is 11.5 Å². The zero-order chi connectivity index (χ0) is 24.5. The second-order valence-corrected chi connectivity index (χ2v) is 8.06. The highest BCUT2D eigenvalue weighted by Crippen LogP contribution is 2.30. The first kappa shape index (κ1) is 24.6. The molecule has 0 spiro atoms. The Labute approximate surface area is 201 Å². The van der Waals surface area contributed by atoms with Crippen molar-refractivity contribution in [3.05, 3.63) is 94.1 Å². The number of benzene rings is 3. The second-order valence-electron chi connectivity index (χ2n) is 8.06. The van der Waals surface area contributed by atoms with Crippen LogP contribution in [0.4, 0.5) is 5.69 Å². The highest BCUT2D eigenvalue weighted by molar-refractivity contribution is 6.10. The molecule has 0 saturated carbocycles. The number of hydrogen-bond acceptors (Lipinski definition) is 4. The zero-order valence-electron chi connectivity index (χ0n) is 20.1. The fraction of sp³-hybridized carbons (Fsp3) is 0.241. The third-order valence-corrected chi connectivity index (χ3v) is 5.27. The van der Waals surface area contributed by atoms with Crippen molar-refractivity contribution in [2.75, 3.05) is 11.9 Å². The van der Waals surface area contributed by atoms with Crippen molar-refractivity contribution in [3.8, 4) is 17.6 Å². The Bertz CT molecular complexity index is 1220. The fourth-order valence-corrected chi connectivity index (χ4v) is 3.77. The van der Waals surface area contributed by atoms with Crippen LogP contribution in [0.1, 0.15) is 41.7 Å². The van der Waals surface area contributed by atoms with E-state index in [9.17, 15) is 10.1 Å². The van der Waals surface area contributed by atoms with Crippen LogP contribution in [0.2, 0.25) is 0 Å². The van der Waals surface area contributed by atoms with Gasteiger partial charge in [0.2, 0.25) is 0 Å². The highest BCUT2D eigenvalue weighted by atomic mass is 16.5. The number of nitrogens with zero attached hydrogens (tertiary/aromatic N) is 1. The smallest absolute Gasteiger partial charge is 0.266 e. The SMILES string of the molecule is CCOc1cc(/C=C(\C#N)C(=O)Nc2ccccc2CC)ccc1OCc1cc(C)cc(C)c1. The van der Waals surface area contributed by atoms with E-state index < -0.39 is 5.91 Å². The summed E-state index contributed by atoms with van der Waals surface area (Å²) in [6.45, 7) is 8.92. The molecule has 0 radical (unpaired) electrons. The van der Waals surface area contributed by atoms with Gasteiger partial charge in [-0.15, -0.1) is 0 Å². The Kier molecular flexibility index (Phi) is 8.48. The first-order valence-corrected chi connectivity index (χ1v) is 11.4. The number of hydrogen-bond donors (Lipinski definition) is 1. The molecule has 174 valence electrons. The van der Waals surface area contributed by atoms with Crippen LogP contribution in [0.25, 0.3) is 6.08 Å². The Hall–Kier alpha value is -4.04. The monoisotopic (exact) mass is 454 g/mol. The van der Waals surface area contributed by atoms with Crippen LogP contribution in [-0.4, -0.2) is 12.5 Å². The number of aryl methyl sites for hydroxylation is 3. The van der Waals surface area contributed by atoms with Crippen LogP contribution < -0.4 is 14.8 Å². The second kappa shape index (κ2) is 11.7. The Morgan fingerprint density at radius 3 is 2.38 bits per heavy atom. The van der Waals surface area contributed by atoms with E-state index in [-0.39, 0.29) is 5.57 Å². The van der Waals surface area contributed by atoms with Crippen molar-refractivity contribution in [3.63, 3.8) is 0 Å². The van der Waals surface area contributed by atoms with Gasteiger partial charge < -0.3 is 14.8 Å². The maximum Gasteiger partial charge on any atom is 0.266 e. The molecular weight excluding hydrogens is 424 g/mol. The summed E-state index contributed by atoms with van der Waals surface area (Å²) in [7, 11) is 0. The molecule has 1 amide bonds.